The number of para-hydroxylation sites is 1. The minimum Gasteiger partial charge on any atom is -0.496 e. The molecule has 3 aromatic rings. The maximum Gasteiger partial charge on any atom is 0.225 e. The van der Waals surface area contributed by atoms with Gasteiger partial charge in [0, 0.05) is 25.0 Å². The minimum absolute atomic E-state index is 0.0528. The Balaban J connectivity index is 1.91. The van der Waals surface area contributed by atoms with Crippen LogP contribution in [0.4, 0.5) is 4.39 Å². The summed E-state index contributed by atoms with van der Waals surface area (Å²) in [5.41, 5.74) is 1.13. The molecule has 1 heterocycles. The number of hydrogen-bond acceptors (Lipinski definition) is 3. The van der Waals surface area contributed by atoms with Crippen molar-refractivity contribution in [3.63, 3.8) is 0 Å². The average molecular weight is 353 g/mol. The molecule has 6 heteroatoms. The van der Waals surface area contributed by atoms with Gasteiger partial charge in [0.05, 0.1) is 13.5 Å². The number of carbonyl (C=O) groups excluding carboxylic acids is 1. The van der Waals surface area contributed by atoms with Gasteiger partial charge in [-0.3, -0.25) is 4.79 Å². The zero-order valence-electron chi connectivity index (χ0n) is 14.6. The first-order valence-electron chi connectivity index (χ1n) is 8.23. The second kappa shape index (κ2) is 7.82. The van der Waals surface area contributed by atoms with Gasteiger partial charge in [-0.15, -0.1) is 0 Å². The van der Waals surface area contributed by atoms with Gasteiger partial charge in [0.2, 0.25) is 5.91 Å². The summed E-state index contributed by atoms with van der Waals surface area (Å²) in [7, 11) is 3.43. The lowest BCUT2D eigenvalue weighted by atomic mass is 10.0. The number of amides is 1. The molecule has 26 heavy (non-hydrogen) atoms. The molecule has 1 aromatic heterocycles. The number of aryl methyl sites for hydroxylation is 1. The number of aromatic nitrogens is 2. The first-order valence-corrected chi connectivity index (χ1v) is 8.23. The van der Waals surface area contributed by atoms with Crippen LogP contribution in [0.15, 0.2) is 60.9 Å². The Morgan fingerprint density at radius 1 is 1.23 bits per heavy atom. The number of nitrogens with zero attached hydrogens (tertiary/aromatic N) is 2. The average Bonchev–Trinajstić information content (AvgIpc) is 3.07. The van der Waals surface area contributed by atoms with Crippen LogP contribution in [0.3, 0.4) is 0 Å². The van der Waals surface area contributed by atoms with Crippen molar-refractivity contribution >= 4 is 5.91 Å². The Labute approximate surface area is 151 Å². The van der Waals surface area contributed by atoms with E-state index in [-0.39, 0.29) is 12.3 Å². The van der Waals surface area contributed by atoms with Gasteiger partial charge in [-0.25, -0.2) is 9.37 Å². The SMILES string of the molecule is COc1ccccc1C(NC(=O)Cc1ccccc1F)c1nccn1C. The number of methoxy groups -OCH3 is 1. The normalized spacial score (nSPS) is 11.8. The molecule has 0 aliphatic carbocycles. The molecule has 0 fully saturated rings. The third-order valence-corrected chi connectivity index (χ3v) is 4.18. The number of carbonyl (C=O) groups is 1. The van der Waals surface area contributed by atoms with Crippen molar-refractivity contribution < 1.29 is 13.9 Å². The van der Waals surface area contributed by atoms with Gasteiger partial charge >= 0.3 is 0 Å². The molecule has 134 valence electrons. The van der Waals surface area contributed by atoms with E-state index in [0.717, 1.165) is 5.56 Å². The molecule has 2 aromatic carbocycles. The number of rotatable bonds is 6. The molecule has 0 bridgehead atoms. The van der Waals surface area contributed by atoms with E-state index in [1.807, 2.05) is 35.9 Å². The third kappa shape index (κ3) is 3.74. The second-order valence-electron chi connectivity index (χ2n) is 5.91. The zero-order chi connectivity index (χ0) is 18.5. The summed E-state index contributed by atoms with van der Waals surface area (Å²) in [5, 5.41) is 2.96. The van der Waals surface area contributed by atoms with Crippen LogP contribution in [0.5, 0.6) is 5.75 Å². The summed E-state index contributed by atoms with van der Waals surface area (Å²) in [6.45, 7) is 0. The number of nitrogens with one attached hydrogen (secondary N) is 1. The van der Waals surface area contributed by atoms with Crippen LogP contribution in [-0.4, -0.2) is 22.6 Å². The molecule has 0 saturated heterocycles. The van der Waals surface area contributed by atoms with E-state index >= 15 is 0 Å². The number of imidazole rings is 1. The Kier molecular flexibility index (Phi) is 5.31. The van der Waals surface area contributed by atoms with Crippen molar-refractivity contribution in [3.05, 3.63) is 83.7 Å². The highest BCUT2D eigenvalue weighted by Gasteiger charge is 2.24. The molecule has 1 amide bonds. The van der Waals surface area contributed by atoms with Gasteiger partial charge in [-0.1, -0.05) is 36.4 Å². The predicted molar refractivity (Wildman–Crippen MR) is 96.3 cm³/mol. The van der Waals surface area contributed by atoms with Crippen molar-refractivity contribution in [2.45, 2.75) is 12.5 Å². The summed E-state index contributed by atoms with van der Waals surface area (Å²) >= 11 is 0. The van der Waals surface area contributed by atoms with Crippen molar-refractivity contribution in [2.75, 3.05) is 7.11 Å². The maximum atomic E-state index is 13.9. The van der Waals surface area contributed by atoms with Gasteiger partial charge in [-0.2, -0.15) is 0 Å². The second-order valence-corrected chi connectivity index (χ2v) is 5.91. The van der Waals surface area contributed by atoms with Crippen molar-refractivity contribution in [1.82, 2.24) is 14.9 Å². The molecule has 0 aliphatic heterocycles. The summed E-state index contributed by atoms with van der Waals surface area (Å²) < 4.78 is 21.1. The Bertz CT molecular complexity index is 907. The van der Waals surface area contributed by atoms with Crippen LogP contribution in [0.25, 0.3) is 0 Å². The Hall–Kier alpha value is -3.15. The summed E-state index contributed by atoms with van der Waals surface area (Å²) in [5.74, 6) is 0.616. The first-order chi connectivity index (χ1) is 12.6. The van der Waals surface area contributed by atoms with Gasteiger partial charge < -0.3 is 14.6 Å². The van der Waals surface area contributed by atoms with E-state index in [9.17, 15) is 9.18 Å². The summed E-state index contributed by atoms with van der Waals surface area (Å²) in [6, 6.07) is 13.2. The maximum absolute atomic E-state index is 13.9. The monoisotopic (exact) mass is 353 g/mol. The molecule has 0 aliphatic rings. The molecule has 0 saturated carbocycles. The quantitative estimate of drug-likeness (QED) is 0.741. The van der Waals surface area contributed by atoms with Crippen LogP contribution in [-0.2, 0) is 18.3 Å². The number of halogens is 1. The molecular weight excluding hydrogens is 333 g/mol. The fourth-order valence-electron chi connectivity index (χ4n) is 2.87. The zero-order valence-corrected chi connectivity index (χ0v) is 14.6. The Morgan fingerprint density at radius 2 is 1.96 bits per heavy atom. The predicted octanol–water partition coefficient (Wildman–Crippen LogP) is 3.02. The smallest absolute Gasteiger partial charge is 0.225 e. The minimum atomic E-state index is -0.509. The van der Waals surface area contributed by atoms with Gasteiger partial charge in [0.15, 0.2) is 0 Å². The molecule has 0 radical (unpaired) electrons. The lowest BCUT2D eigenvalue weighted by Crippen LogP contribution is -2.32. The highest BCUT2D eigenvalue weighted by Crippen LogP contribution is 2.29. The molecule has 3 rings (SSSR count). The standard InChI is InChI=1S/C20H20FN3O2/c1-24-12-11-22-20(24)19(15-8-4-6-10-17(15)26-2)23-18(25)13-14-7-3-5-9-16(14)21/h3-12,19H,13H2,1-2H3,(H,23,25). The molecule has 1 unspecified atom stereocenters. The van der Waals surface area contributed by atoms with Crippen LogP contribution in [0.2, 0.25) is 0 Å². The third-order valence-electron chi connectivity index (χ3n) is 4.18. The van der Waals surface area contributed by atoms with Crippen LogP contribution < -0.4 is 10.1 Å². The number of hydrogen-bond donors (Lipinski definition) is 1. The van der Waals surface area contributed by atoms with E-state index in [1.165, 1.54) is 6.07 Å². The van der Waals surface area contributed by atoms with Crippen molar-refractivity contribution in [3.8, 4) is 5.75 Å². The molecule has 5 nitrogen and oxygen atoms in total. The Morgan fingerprint density at radius 3 is 2.65 bits per heavy atom. The van der Waals surface area contributed by atoms with E-state index < -0.39 is 11.9 Å². The van der Waals surface area contributed by atoms with E-state index in [4.69, 9.17) is 4.74 Å². The highest BCUT2D eigenvalue weighted by atomic mass is 19.1. The van der Waals surface area contributed by atoms with Crippen molar-refractivity contribution in [1.29, 1.82) is 0 Å². The van der Waals surface area contributed by atoms with Gasteiger partial charge in [0.1, 0.15) is 23.4 Å². The van der Waals surface area contributed by atoms with E-state index in [0.29, 0.717) is 17.1 Å². The molecule has 1 atom stereocenters. The van der Waals surface area contributed by atoms with Crippen LogP contribution in [0.1, 0.15) is 23.0 Å². The summed E-state index contributed by atoms with van der Waals surface area (Å²) in [4.78, 5) is 17.0. The van der Waals surface area contributed by atoms with Gasteiger partial charge in [-0.05, 0) is 17.7 Å². The topological polar surface area (TPSA) is 56.1 Å². The molecular formula is C20H20FN3O2. The largest absolute Gasteiger partial charge is 0.496 e. The lowest BCUT2D eigenvalue weighted by molar-refractivity contribution is -0.121. The van der Waals surface area contributed by atoms with Crippen LogP contribution in [0, 0.1) is 5.82 Å². The fourth-order valence-corrected chi connectivity index (χ4v) is 2.87. The van der Waals surface area contributed by atoms with Gasteiger partial charge in [0.25, 0.3) is 0 Å². The van der Waals surface area contributed by atoms with Crippen LogP contribution >= 0.6 is 0 Å². The van der Waals surface area contributed by atoms with Crippen molar-refractivity contribution in [2.24, 2.45) is 7.05 Å². The number of benzene rings is 2. The molecule has 1 N–H and O–H groups in total. The first kappa shape index (κ1) is 17.7. The number of ether oxygens (including phenoxy) is 1. The summed E-state index contributed by atoms with van der Waals surface area (Å²) in [6.07, 6.45) is 3.42. The molecule has 0 spiro atoms. The van der Waals surface area contributed by atoms with E-state index in [2.05, 4.69) is 10.3 Å². The van der Waals surface area contributed by atoms with E-state index in [1.54, 1.807) is 37.7 Å². The fraction of sp³-hybridized carbons (Fsp3) is 0.200. The highest BCUT2D eigenvalue weighted by molar-refractivity contribution is 5.79. The lowest BCUT2D eigenvalue weighted by Gasteiger charge is -2.21.